The van der Waals surface area contributed by atoms with Crippen LogP contribution in [0.1, 0.15) is 35.5 Å². The lowest BCUT2D eigenvalue weighted by atomic mass is 10.1. The number of hydrogen-bond donors (Lipinski definition) is 0. The van der Waals surface area contributed by atoms with E-state index in [9.17, 15) is 10.1 Å². The predicted octanol–water partition coefficient (Wildman–Crippen LogP) is 3.39. The molecule has 0 radical (unpaired) electrons. The van der Waals surface area contributed by atoms with Gasteiger partial charge in [-0.25, -0.2) is 0 Å². The Morgan fingerprint density at radius 3 is 2.71 bits per heavy atom. The minimum Gasteiger partial charge on any atom is -0.361 e. The Kier molecular flexibility index (Phi) is 4.37. The Labute approximate surface area is 123 Å². The number of rotatable bonds is 5. The average Bonchev–Trinajstić information content (AvgIpc) is 2.78. The molecule has 1 atom stereocenters. The summed E-state index contributed by atoms with van der Waals surface area (Å²) in [6.45, 7) is 6.52. The van der Waals surface area contributed by atoms with Crippen molar-refractivity contribution in [2.24, 2.45) is 0 Å². The van der Waals surface area contributed by atoms with Crippen molar-refractivity contribution in [1.29, 1.82) is 0 Å². The quantitative estimate of drug-likeness (QED) is 0.623. The molecular formula is C15H19N3O3. The van der Waals surface area contributed by atoms with Gasteiger partial charge in [-0.2, -0.15) is 0 Å². The van der Waals surface area contributed by atoms with Gasteiger partial charge in [0.1, 0.15) is 5.76 Å². The molecule has 0 aliphatic rings. The second-order valence-corrected chi connectivity index (χ2v) is 5.25. The van der Waals surface area contributed by atoms with Gasteiger partial charge in [-0.05, 0) is 33.4 Å². The van der Waals surface area contributed by atoms with Gasteiger partial charge in [0.2, 0.25) is 0 Å². The summed E-state index contributed by atoms with van der Waals surface area (Å²) in [6, 6.07) is 6.80. The van der Waals surface area contributed by atoms with Gasteiger partial charge in [0, 0.05) is 30.3 Å². The fourth-order valence-electron chi connectivity index (χ4n) is 2.27. The third kappa shape index (κ3) is 3.28. The molecule has 0 aliphatic carbocycles. The predicted molar refractivity (Wildman–Crippen MR) is 79.0 cm³/mol. The highest BCUT2D eigenvalue weighted by Gasteiger charge is 2.18. The largest absolute Gasteiger partial charge is 0.361 e. The molecule has 0 spiro atoms. The maximum Gasteiger partial charge on any atom is 0.269 e. The van der Waals surface area contributed by atoms with Gasteiger partial charge in [0.15, 0.2) is 0 Å². The van der Waals surface area contributed by atoms with Gasteiger partial charge in [-0.3, -0.25) is 15.0 Å². The number of hydrogen-bond acceptors (Lipinski definition) is 5. The Balaban J connectivity index is 2.17. The number of aryl methyl sites for hydroxylation is 2. The maximum absolute atomic E-state index is 10.9. The molecule has 2 aromatic rings. The first kappa shape index (κ1) is 15.2. The molecule has 2 rings (SSSR count). The van der Waals surface area contributed by atoms with Crippen LogP contribution in [0, 0.1) is 24.0 Å². The SMILES string of the molecule is Cc1noc(C)c1CN(C)[C@@H](C)c1cccc([N+](=O)[O-])c1. The lowest BCUT2D eigenvalue weighted by Crippen LogP contribution is -2.22. The van der Waals surface area contributed by atoms with Crippen molar-refractivity contribution in [3.8, 4) is 0 Å². The van der Waals surface area contributed by atoms with E-state index in [4.69, 9.17) is 4.52 Å². The Morgan fingerprint density at radius 1 is 1.43 bits per heavy atom. The first-order valence-corrected chi connectivity index (χ1v) is 6.76. The van der Waals surface area contributed by atoms with E-state index in [0.29, 0.717) is 6.54 Å². The zero-order valence-corrected chi connectivity index (χ0v) is 12.7. The van der Waals surface area contributed by atoms with E-state index >= 15 is 0 Å². The fourth-order valence-corrected chi connectivity index (χ4v) is 2.27. The topological polar surface area (TPSA) is 72.4 Å². The van der Waals surface area contributed by atoms with E-state index in [-0.39, 0.29) is 16.7 Å². The van der Waals surface area contributed by atoms with Crippen LogP contribution in [-0.2, 0) is 6.54 Å². The Bertz CT molecular complexity index is 632. The summed E-state index contributed by atoms with van der Waals surface area (Å²) < 4.78 is 5.17. The van der Waals surface area contributed by atoms with Crippen molar-refractivity contribution < 1.29 is 9.45 Å². The maximum atomic E-state index is 10.9. The van der Waals surface area contributed by atoms with Crippen LogP contribution in [0.5, 0.6) is 0 Å². The molecule has 0 unspecified atom stereocenters. The second kappa shape index (κ2) is 6.05. The van der Waals surface area contributed by atoms with E-state index < -0.39 is 0 Å². The first-order chi connectivity index (χ1) is 9.90. The Hall–Kier alpha value is -2.21. The highest BCUT2D eigenvalue weighted by Crippen LogP contribution is 2.25. The van der Waals surface area contributed by atoms with Crippen molar-refractivity contribution in [2.45, 2.75) is 33.4 Å². The third-order valence-corrected chi connectivity index (χ3v) is 3.81. The lowest BCUT2D eigenvalue weighted by Gasteiger charge is -2.24. The molecule has 6 heteroatoms. The molecule has 1 heterocycles. The second-order valence-electron chi connectivity index (χ2n) is 5.25. The minimum absolute atomic E-state index is 0.0543. The molecule has 21 heavy (non-hydrogen) atoms. The van der Waals surface area contributed by atoms with Crippen LogP contribution in [0.2, 0.25) is 0 Å². The molecule has 1 aromatic heterocycles. The fraction of sp³-hybridized carbons (Fsp3) is 0.400. The molecule has 0 saturated carbocycles. The van der Waals surface area contributed by atoms with E-state index in [1.165, 1.54) is 6.07 Å². The number of nitro benzene ring substituents is 1. The number of nitrogens with zero attached hydrogens (tertiary/aromatic N) is 3. The van der Waals surface area contributed by atoms with Gasteiger partial charge < -0.3 is 4.52 Å². The molecule has 0 N–H and O–H groups in total. The van der Waals surface area contributed by atoms with Crippen molar-refractivity contribution in [3.63, 3.8) is 0 Å². The highest BCUT2D eigenvalue weighted by atomic mass is 16.6. The molecule has 0 fully saturated rings. The normalized spacial score (nSPS) is 12.6. The van der Waals surface area contributed by atoms with Crippen molar-refractivity contribution in [1.82, 2.24) is 10.1 Å². The van der Waals surface area contributed by atoms with E-state index in [1.807, 2.05) is 33.9 Å². The monoisotopic (exact) mass is 289 g/mol. The summed E-state index contributed by atoms with van der Waals surface area (Å²) in [5.41, 5.74) is 2.98. The Morgan fingerprint density at radius 2 is 2.14 bits per heavy atom. The highest BCUT2D eigenvalue weighted by molar-refractivity contribution is 5.35. The number of nitro groups is 1. The van der Waals surface area contributed by atoms with Gasteiger partial charge in [0.25, 0.3) is 5.69 Å². The summed E-state index contributed by atoms with van der Waals surface area (Å²) in [4.78, 5) is 12.6. The average molecular weight is 289 g/mol. The summed E-state index contributed by atoms with van der Waals surface area (Å²) >= 11 is 0. The zero-order valence-electron chi connectivity index (χ0n) is 12.7. The van der Waals surface area contributed by atoms with Gasteiger partial charge in [0.05, 0.1) is 10.6 Å². The van der Waals surface area contributed by atoms with Crippen LogP contribution in [0.15, 0.2) is 28.8 Å². The smallest absolute Gasteiger partial charge is 0.269 e. The van der Waals surface area contributed by atoms with Crippen molar-refractivity contribution >= 4 is 5.69 Å². The zero-order chi connectivity index (χ0) is 15.6. The minimum atomic E-state index is -0.371. The molecule has 6 nitrogen and oxygen atoms in total. The number of aromatic nitrogens is 1. The molecule has 0 aliphatic heterocycles. The van der Waals surface area contributed by atoms with Crippen LogP contribution in [0.3, 0.4) is 0 Å². The van der Waals surface area contributed by atoms with Gasteiger partial charge in [-0.15, -0.1) is 0 Å². The van der Waals surface area contributed by atoms with Gasteiger partial charge >= 0.3 is 0 Å². The lowest BCUT2D eigenvalue weighted by molar-refractivity contribution is -0.384. The standard InChI is InChI=1S/C15H19N3O3/c1-10-15(12(3)21-16-10)9-17(4)11(2)13-6-5-7-14(8-13)18(19)20/h5-8,11H,9H2,1-4H3/t11-/m0/s1. The van der Waals surface area contributed by atoms with Crippen LogP contribution in [0.4, 0.5) is 5.69 Å². The van der Waals surface area contributed by atoms with Crippen LogP contribution < -0.4 is 0 Å². The van der Waals surface area contributed by atoms with Crippen LogP contribution in [-0.4, -0.2) is 22.0 Å². The van der Waals surface area contributed by atoms with E-state index in [1.54, 1.807) is 12.1 Å². The van der Waals surface area contributed by atoms with Gasteiger partial charge in [-0.1, -0.05) is 17.3 Å². The van der Waals surface area contributed by atoms with E-state index in [2.05, 4.69) is 10.1 Å². The number of non-ortho nitro benzene ring substituents is 1. The molecule has 0 bridgehead atoms. The molecule has 0 saturated heterocycles. The molecule has 0 amide bonds. The van der Waals surface area contributed by atoms with Crippen LogP contribution >= 0.6 is 0 Å². The summed E-state index contributed by atoms with van der Waals surface area (Å²) in [6.07, 6.45) is 0. The molecular weight excluding hydrogens is 270 g/mol. The summed E-state index contributed by atoms with van der Waals surface area (Å²) in [5, 5.41) is 14.8. The van der Waals surface area contributed by atoms with E-state index in [0.717, 1.165) is 22.6 Å². The molecule has 112 valence electrons. The van der Waals surface area contributed by atoms with Crippen LogP contribution in [0.25, 0.3) is 0 Å². The van der Waals surface area contributed by atoms with Crippen molar-refractivity contribution in [3.05, 3.63) is 57.0 Å². The number of benzene rings is 1. The molecule has 1 aromatic carbocycles. The summed E-state index contributed by atoms with van der Waals surface area (Å²) in [7, 11) is 1.98. The third-order valence-electron chi connectivity index (χ3n) is 3.81. The summed E-state index contributed by atoms with van der Waals surface area (Å²) in [5.74, 6) is 0.811. The first-order valence-electron chi connectivity index (χ1n) is 6.76. The van der Waals surface area contributed by atoms with Crippen molar-refractivity contribution in [2.75, 3.05) is 7.05 Å².